The summed E-state index contributed by atoms with van der Waals surface area (Å²) in [7, 11) is 2.75. The first-order valence-corrected chi connectivity index (χ1v) is 5.71. The lowest BCUT2D eigenvalue weighted by Gasteiger charge is -2.49. The van der Waals surface area contributed by atoms with Gasteiger partial charge in [-0.15, -0.1) is 0 Å². The molecule has 6 nitrogen and oxygen atoms in total. The smallest absolute Gasteiger partial charge is 0.332 e. The molecule has 1 saturated heterocycles. The summed E-state index contributed by atoms with van der Waals surface area (Å²) in [6, 6.07) is 5.59. The summed E-state index contributed by atoms with van der Waals surface area (Å²) in [4.78, 5) is 24.8. The molecule has 1 aromatic rings. The van der Waals surface area contributed by atoms with Crippen LogP contribution in [0.5, 0.6) is 5.75 Å². The van der Waals surface area contributed by atoms with Crippen LogP contribution in [0.25, 0.3) is 0 Å². The fourth-order valence-corrected chi connectivity index (χ4v) is 2.12. The topological polar surface area (TPSA) is 76.1 Å². The zero-order valence-electron chi connectivity index (χ0n) is 10.9. The molecule has 2 rings (SSSR count). The lowest BCUT2D eigenvalue weighted by Crippen LogP contribution is -2.76. The first-order chi connectivity index (χ1) is 8.93. The highest BCUT2D eigenvalue weighted by molar-refractivity contribution is 6.15. The zero-order chi connectivity index (χ0) is 14.2. The number of hydrogen-bond acceptors (Lipinski definition) is 5. The van der Waals surface area contributed by atoms with Crippen LogP contribution in [-0.2, 0) is 14.3 Å². The van der Waals surface area contributed by atoms with Gasteiger partial charge in [-0.2, -0.15) is 0 Å². The molecule has 0 saturated carbocycles. The third kappa shape index (κ3) is 1.94. The fraction of sp³-hybridized carbons (Fsp3) is 0.385. The van der Waals surface area contributed by atoms with Crippen molar-refractivity contribution in [2.45, 2.75) is 18.6 Å². The van der Waals surface area contributed by atoms with Gasteiger partial charge in [-0.1, -0.05) is 0 Å². The van der Waals surface area contributed by atoms with Crippen LogP contribution in [0.1, 0.15) is 6.92 Å². The van der Waals surface area contributed by atoms with Crippen molar-refractivity contribution in [2.24, 2.45) is 0 Å². The van der Waals surface area contributed by atoms with E-state index in [1.54, 1.807) is 24.3 Å². The van der Waals surface area contributed by atoms with Crippen LogP contribution < -0.4 is 9.64 Å². The van der Waals surface area contributed by atoms with Crippen molar-refractivity contribution >= 4 is 17.6 Å². The average Bonchev–Trinajstić information content (AvgIpc) is 2.43. The van der Waals surface area contributed by atoms with Crippen molar-refractivity contribution in [3.8, 4) is 5.75 Å². The number of amides is 1. The lowest BCUT2D eigenvalue weighted by molar-refractivity contribution is -0.166. The van der Waals surface area contributed by atoms with Gasteiger partial charge in [-0.05, 0) is 31.2 Å². The number of hydrogen-bond donors (Lipinski definition) is 1. The number of β-lactam (4-membered cyclic amide) rings is 1. The number of esters is 1. The Bertz CT molecular complexity index is 508. The van der Waals surface area contributed by atoms with Crippen molar-refractivity contribution in [1.82, 2.24) is 0 Å². The molecule has 1 aliphatic rings. The van der Waals surface area contributed by atoms with E-state index < -0.39 is 23.5 Å². The number of ether oxygens (including phenoxy) is 2. The monoisotopic (exact) mass is 265 g/mol. The van der Waals surface area contributed by atoms with Crippen molar-refractivity contribution in [3.05, 3.63) is 24.3 Å². The Labute approximate surface area is 110 Å². The molecular formula is C13H15NO5. The van der Waals surface area contributed by atoms with Crippen molar-refractivity contribution in [2.75, 3.05) is 19.1 Å². The van der Waals surface area contributed by atoms with Crippen LogP contribution in [0.2, 0.25) is 0 Å². The maximum absolute atomic E-state index is 11.9. The van der Waals surface area contributed by atoms with Gasteiger partial charge in [0.25, 0.3) is 5.91 Å². The van der Waals surface area contributed by atoms with Gasteiger partial charge in [0, 0.05) is 5.69 Å². The quantitative estimate of drug-likeness (QED) is 0.630. The van der Waals surface area contributed by atoms with E-state index in [0.717, 1.165) is 0 Å². The molecule has 0 radical (unpaired) electrons. The number of methoxy groups -OCH3 is 2. The number of rotatable bonds is 3. The molecule has 1 N–H and O–H groups in total. The van der Waals surface area contributed by atoms with Gasteiger partial charge in [0.1, 0.15) is 5.75 Å². The van der Waals surface area contributed by atoms with Crippen LogP contribution >= 0.6 is 0 Å². The first kappa shape index (κ1) is 13.4. The number of anilines is 1. The number of nitrogens with zero attached hydrogens (tertiary/aromatic N) is 1. The lowest BCUT2D eigenvalue weighted by atomic mass is 9.83. The fourth-order valence-electron chi connectivity index (χ4n) is 2.12. The van der Waals surface area contributed by atoms with E-state index in [1.165, 1.54) is 26.0 Å². The minimum absolute atomic E-state index is 0.507. The maximum atomic E-state index is 11.9. The van der Waals surface area contributed by atoms with E-state index in [-0.39, 0.29) is 0 Å². The molecule has 1 heterocycles. The predicted octanol–water partition coefficient (Wildman–Crippen LogP) is 0.334. The molecule has 0 bridgehead atoms. The van der Waals surface area contributed by atoms with Gasteiger partial charge in [0.2, 0.25) is 0 Å². The van der Waals surface area contributed by atoms with E-state index in [1.807, 2.05) is 0 Å². The van der Waals surface area contributed by atoms with Crippen LogP contribution in [0, 0.1) is 0 Å². The van der Waals surface area contributed by atoms with Gasteiger partial charge < -0.3 is 14.6 Å². The van der Waals surface area contributed by atoms with E-state index in [0.29, 0.717) is 11.4 Å². The molecule has 19 heavy (non-hydrogen) atoms. The van der Waals surface area contributed by atoms with Crippen LogP contribution in [0.15, 0.2) is 24.3 Å². The van der Waals surface area contributed by atoms with E-state index in [4.69, 9.17) is 4.74 Å². The molecule has 1 aromatic carbocycles. The van der Waals surface area contributed by atoms with Gasteiger partial charge in [-0.3, -0.25) is 9.69 Å². The van der Waals surface area contributed by atoms with Crippen molar-refractivity contribution in [3.63, 3.8) is 0 Å². The zero-order valence-corrected chi connectivity index (χ0v) is 10.9. The first-order valence-electron chi connectivity index (χ1n) is 5.71. The van der Waals surface area contributed by atoms with Crippen LogP contribution in [-0.4, -0.2) is 42.8 Å². The Hall–Kier alpha value is -2.08. The molecule has 102 valence electrons. The molecule has 2 atom stereocenters. The Balaban J connectivity index is 2.32. The van der Waals surface area contributed by atoms with E-state index in [9.17, 15) is 14.7 Å². The maximum Gasteiger partial charge on any atom is 0.332 e. The molecule has 0 unspecified atom stereocenters. The standard InChI is InChI=1S/C13H15NO5/c1-13(17)10(11(15)19-3)14(12(13)16)8-4-6-9(18-2)7-5-8/h4-7,10,17H,1-3H3/t10-,13+/m0/s1. The van der Waals surface area contributed by atoms with Crippen LogP contribution in [0.3, 0.4) is 0 Å². The summed E-state index contributed by atoms with van der Waals surface area (Å²) in [6.07, 6.45) is 0. The molecule has 0 spiro atoms. The second-order valence-electron chi connectivity index (χ2n) is 4.45. The van der Waals surface area contributed by atoms with Crippen molar-refractivity contribution < 1.29 is 24.2 Å². The molecule has 1 fully saturated rings. The SMILES string of the molecule is COC(=O)[C@@H]1N(c2ccc(OC)cc2)C(=O)[C@]1(C)O. The third-order valence-corrected chi connectivity index (χ3v) is 3.22. The number of carbonyl (C=O) groups excluding carboxylic acids is 2. The predicted molar refractivity (Wildman–Crippen MR) is 66.9 cm³/mol. The van der Waals surface area contributed by atoms with Crippen LogP contribution in [0.4, 0.5) is 5.69 Å². The number of aliphatic hydroxyl groups is 1. The Morgan fingerprint density at radius 1 is 1.32 bits per heavy atom. The Morgan fingerprint density at radius 2 is 1.89 bits per heavy atom. The molecule has 0 aliphatic carbocycles. The highest BCUT2D eigenvalue weighted by Crippen LogP contribution is 2.36. The summed E-state index contributed by atoms with van der Waals surface area (Å²) in [5.41, 5.74) is -1.22. The molecule has 6 heteroatoms. The van der Waals surface area contributed by atoms with Gasteiger partial charge in [0.05, 0.1) is 14.2 Å². The van der Waals surface area contributed by atoms with Crippen molar-refractivity contribution in [1.29, 1.82) is 0 Å². The minimum Gasteiger partial charge on any atom is -0.497 e. The second kappa shape index (κ2) is 4.55. The molecule has 0 aromatic heterocycles. The summed E-state index contributed by atoms with van der Waals surface area (Å²) in [5.74, 6) is -0.549. The summed E-state index contributed by atoms with van der Waals surface area (Å²) in [6.45, 7) is 1.30. The molecule has 1 amide bonds. The van der Waals surface area contributed by atoms with Gasteiger partial charge in [0.15, 0.2) is 11.6 Å². The van der Waals surface area contributed by atoms with Gasteiger partial charge >= 0.3 is 5.97 Å². The van der Waals surface area contributed by atoms with E-state index >= 15 is 0 Å². The van der Waals surface area contributed by atoms with Gasteiger partial charge in [-0.25, -0.2) is 4.79 Å². The largest absolute Gasteiger partial charge is 0.497 e. The Morgan fingerprint density at radius 3 is 2.37 bits per heavy atom. The number of benzene rings is 1. The summed E-state index contributed by atoms with van der Waals surface area (Å²) < 4.78 is 9.64. The second-order valence-corrected chi connectivity index (χ2v) is 4.45. The highest BCUT2D eigenvalue weighted by Gasteiger charge is 2.61. The average molecular weight is 265 g/mol. The minimum atomic E-state index is -1.73. The van der Waals surface area contributed by atoms with E-state index in [2.05, 4.69) is 4.74 Å². The summed E-state index contributed by atoms with van der Waals surface area (Å²) >= 11 is 0. The molecule has 1 aliphatic heterocycles. The number of carbonyl (C=O) groups is 2. The highest BCUT2D eigenvalue weighted by atomic mass is 16.5. The molecular weight excluding hydrogens is 250 g/mol. The third-order valence-electron chi connectivity index (χ3n) is 3.22. The Kier molecular flexibility index (Phi) is 3.20. The normalized spacial score (nSPS) is 25.8. The summed E-state index contributed by atoms with van der Waals surface area (Å²) in [5, 5.41) is 9.96.